The third-order valence-electron chi connectivity index (χ3n) is 14.6. The van der Waals surface area contributed by atoms with Crippen LogP contribution in [0.1, 0.15) is 134 Å². The predicted molar refractivity (Wildman–Crippen MR) is 283 cm³/mol. The van der Waals surface area contributed by atoms with Gasteiger partial charge in [0, 0.05) is 17.4 Å². The maximum atomic E-state index is 6.96. The molecule has 0 bridgehead atoms. The third kappa shape index (κ3) is 12.0. The van der Waals surface area contributed by atoms with E-state index in [1.54, 1.807) is 0 Å². The van der Waals surface area contributed by atoms with Crippen molar-refractivity contribution in [2.45, 2.75) is 137 Å². The summed E-state index contributed by atoms with van der Waals surface area (Å²) in [6, 6.07) is 53.1. The summed E-state index contributed by atoms with van der Waals surface area (Å²) in [5.74, 6) is 7.97. The Bertz CT molecular complexity index is 2760. The van der Waals surface area contributed by atoms with Crippen LogP contribution in [-0.2, 0) is 10.8 Å². The molecule has 0 aliphatic rings. The Kier molecular flexibility index (Phi) is 15.8. The molecule has 6 nitrogen and oxygen atoms in total. The van der Waals surface area contributed by atoms with Crippen LogP contribution >= 0.6 is 0 Å². The summed E-state index contributed by atoms with van der Waals surface area (Å²) in [4.78, 5) is 0. The second-order valence-electron chi connectivity index (χ2n) is 19.6. The van der Waals surface area contributed by atoms with E-state index in [0.717, 1.165) is 82.8 Å². The van der Waals surface area contributed by atoms with Crippen molar-refractivity contribution in [3.05, 3.63) is 191 Å². The van der Waals surface area contributed by atoms with E-state index in [1.807, 2.05) is 97.1 Å². The highest BCUT2D eigenvalue weighted by Crippen LogP contribution is 2.45. The molecule has 360 valence electrons. The fourth-order valence-corrected chi connectivity index (χ4v) is 8.70. The molecule has 0 aliphatic carbocycles. The molecular weight excluding hydrogens is 853 g/mol. The van der Waals surface area contributed by atoms with E-state index >= 15 is 0 Å². The van der Waals surface area contributed by atoms with Crippen molar-refractivity contribution in [1.82, 2.24) is 0 Å². The van der Waals surface area contributed by atoms with E-state index < -0.39 is 5.60 Å². The van der Waals surface area contributed by atoms with Gasteiger partial charge < -0.3 is 28.4 Å². The molecule has 6 heteroatoms. The van der Waals surface area contributed by atoms with Gasteiger partial charge in [0.05, 0.1) is 6.10 Å². The number of rotatable bonds is 21. The Hall–Kier alpha value is -6.66. The average molecular weight is 925 g/mol. The molecule has 0 radical (unpaired) electrons. The van der Waals surface area contributed by atoms with Crippen molar-refractivity contribution in [1.29, 1.82) is 0 Å². The van der Waals surface area contributed by atoms with Crippen LogP contribution in [0.5, 0.6) is 57.5 Å². The smallest absolute Gasteiger partial charge is 0.131 e. The Morgan fingerprint density at radius 3 is 1.30 bits per heavy atom. The third-order valence-corrected chi connectivity index (χ3v) is 14.6. The van der Waals surface area contributed by atoms with Gasteiger partial charge in [-0.2, -0.15) is 0 Å². The lowest BCUT2D eigenvalue weighted by Gasteiger charge is -2.46. The first-order valence-electron chi connectivity index (χ1n) is 24.8. The SMILES string of the molecule is CCC(C)Oc1ccc(C(C)c2ccc(Oc3ccc(Oc4ccc(C(C)(CC)C(C)(CC)Oc5cccc(Oc6ccc(Oc7ccc(C(C)(C)CC)cc7)cc6)c5)cc4)cc3)c(C)c2)cc1C. The van der Waals surface area contributed by atoms with Gasteiger partial charge in [-0.05, 0) is 189 Å². The first kappa shape index (κ1) is 50.2. The van der Waals surface area contributed by atoms with Gasteiger partial charge in [-0.15, -0.1) is 0 Å². The van der Waals surface area contributed by atoms with Crippen molar-refractivity contribution >= 4 is 0 Å². The molecule has 69 heavy (non-hydrogen) atoms. The molecule has 4 unspecified atom stereocenters. The molecule has 0 saturated carbocycles. The van der Waals surface area contributed by atoms with E-state index in [1.165, 1.54) is 22.3 Å². The normalized spacial score (nSPS) is 14.1. The molecule has 0 saturated heterocycles. The van der Waals surface area contributed by atoms with Crippen molar-refractivity contribution in [3.63, 3.8) is 0 Å². The lowest BCUT2D eigenvalue weighted by Crippen LogP contribution is -2.51. The molecule has 0 N–H and O–H groups in total. The topological polar surface area (TPSA) is 55.4 Å². The van der Waals surface area contributed by atoms with Crippen LogP contribution in [0.3, 0.4) is 0 Å². The fourth-order valence-electron chi connectivity index (χ4n) is 8.70. The quantitative estimate of drug-likeness (QED) is 0.0716. The molecule has 0 amide bonds. The Balaban J connectivity index is 0.945. The lowest BCUT2D eigenvalue weighted by molar-refractivity contribution is 0.00291. The number of hydrogen-bond acceptors (Lipinski definition) is 6. The summed E-state index contributed by atoms with van der Waals surface area (Å²) in [5, 5.41) is 0. The second kappa shape index (κ2) is 21.7. The lowest BCUT2D eigenvalue weighted by atomic mass is 9.66. The second-order valence-corrected chi connectivity index (χ2v) is 19.6. The predicted octanol–water partition coefficient (Wildman–Crippen LogP) is 18.4. The van der Waals surface area contributed by atoms with E-state index in [0.29, 0.717) is 11.5 Å². The molecule has 0 heterocycles. The van der Waals surface area contributed by atoms with Gasteiger partial charge in [-0.3, -0.25) is 0 Å². The van der Waals surface area contributed by atoms with Crippen LogP contribution in [0.2, 0.25) is 0 Å². The molecule has 0 aliphatic heterocycles. The summed E-state index contributed by atoms with van der Waals surface area (Å²) in [7, 11) is 0. The monoisotopic (exact) mass is 925 g/mol. The summed E-state index contributed by atoms with van der Waals surface area (Å²) in [6.45, 7) is 26.4. The molecule has 7 aromatic rings. The van der Waals surface area contributed by atoms with Crippen LogP contribution < -0.4 is 28.4 Å². The van der Waals surface area contributed by atoms with E-state index in [4.69, 9.17) is 28.4 Å². The molecule has 0 aromatic heterocycles. The van der Waals surface area contributed by atoms with Gasteiger partial charge in [-0.1, -0.05) is 110 Å². The zero-order chi connectivity index (χ0) is 49.3. The van der Waals surface area contributed by atoms with Crippen molar-refractivity contribution in [2.75, 3.05) is 0 Å². The van der Waals surface area contributed by atoms with Crippen molar-refractivity contribution < 1.29 is 28.4 Å². The Labute approximate surface area is 412 Å². The standard InChI is InChI=1S/C63H72O6/c1-13-45(7)64-59-38-20-47(40-43(59)5)46(8)48-21-39-60(44(6)41-48)68-56-36-34-54(35-37-56)66-52-28-24-50(25-29-52)62(11,15-3)63(12,16-4)69-58-19-17-18-57(42-58)67-55-32-30-53(31-33-55)65-51-26-22-49(23-27-51)61(9,10)14-2/h17-42,45-46H,13-16H2,1-12H3. The van der Waals surface area contributed by atoms with E-state index in [2.05, 4.69) is 144 Å². The molecule has 4 atom stereocenters. The molecule has 7 rings (SSSR count). The van der Waals surface area contributed by atoms with Crippen molar-refractivity contribution in [3.8, 4) is 57.5 Å². The maximum absolute atomic E-state index is 6.96. The van der Waals surface area contributed by atoms with Crippen LogP contribution in [0.25, 0.3) is 0 Å². The van der Waals surface area contributed by atoms with Crippen LogP contribution in [0.4, 0.5) is 0 Å². The Morgan fingerprint density at radius 2 is 0.855 bits per heavy atom. The van der Waals surface area contributed by atoms with Crippen molar-refractivity contribution in [2.24, 2.45) is 0 Å². The summed E-state index contributed by atoms with van der Waals surface area (Å²) in [5.41, 5.74) is 6.50. The van der Waals surface area contributed by atoms with E-state index in [-0.39, 0.29) is 22.9 Å². The highest BCUT2D eigenvalue weighted by molar-refractivity contribution is 5.47. The summed E-state index contributed by atoms with van der Waals surface area (Å²) >= 11 is 0. The molecular formula is C63H72O6. The molecule has 7 aromatic carbocycles. The van der Waals surface area contributed by atoms with Gasteiger partial charge >= 0.3 is 0 Å². The zero-order valence-corrected chi connectivity index (χ0v) is 42.9. The highest BCUT2D eigenvalue weighted by Gasteiger charge is 2.45. The minimum absolute atomic E-state index is 0.134. The zero-order valence-electron chi connectivity index (χ0n) is 42.9. The fraction of sp³-hybridized carbons (Fsp3) is 0.333. The average Bonchev–Trinajstić information content (AvgIpc) is 3.36. The number of ether oxygens (including phenoxy) is 6. The largest absolute Gasteiger partial charge is 0.490 e. The van der Waals surface area contributed by atoms with Crippen LogP contribution in [-0.4, -0.2) is 11.7 Å². The van der Waals surface area contributed by atoms with E-state index in [9.17, 15) is 0 Å². The minimum atomic E-state index is -0.535. The van der Waals surface area contributed by atoms with Gasteiger partial charge in [0.25, 0.3) is 0 Å². The summed E-state index contributed by atoms with van der Waals surface area (Å²) in [6.07, 6.45) is 3.91. The van der Waals surface area contributed by atoms with Gasteiger partial charge in [-0.25, -0.2) is 0 Å². The number of hydrogen-bond donors (Lipinski definition) is 0. The maximum Gasteiger partial charge on any atom is 0.131 e. The first-order chi connectivity index (χ1) is 33.0. The number of benzene rings is 7. The Morgan fingerprint density at radius 1 is 0.420 bits per heavy atom. The highest BCUT2D eigenvalue weighted by atomic mass is 16.5. The van der Waals surface area contributed by atoms with Crippen LogP contribution in [0, 0.1) is 13.8 Å². The van der Waals surface area contributed by atoms with Gasteiger partial charge in [0.1, 0.15) is 63.1 Å². The van der Waals surface area contributed by atoms with Crippen LogP contribution in [0.15, 0.2) is 158 Å². The molecule has 0 spiro atoms. The minimum Gasteiger partial charge on any atom is -0.490 e. The first-order valence-corrected chi connectivity index (χ1v) is 24.8. The summed E-state index contributed by atoms with van der Waals surface area (Å²) < 4.78 is 38.2. The van der Waals surface area contributed by atoms with Gasteiger partial charge in [0.15, 0.2) is 0 Å². The number of aryl methyl sites for hydroxylation is 2. The van der Waals surface area contributed by atoms with Gasteiger partial charge in [0.2, 0.25) is 0 Å². The molecule has 0 fully saturated rings.